The first-order valence-electron chi connectivity index (χ1n) is 10.3. The normalized spacial score (nSPS) is 19.9. The lowest BCUT2D eigenvalue weighted by Crippen LogP contribution is -2.40. The summed E-state index contributed by atoms with van der Waals surface area (Å²) in [5.41, 5.74) is 4.03. The van der Waals surface area contributed by atoms with Crippen LogP contribution in [0.5, 0.6) is 11.5 Å². The van der Waals surface area contributed by atoms with Gasteiger partial charge in [-0.2, -0.15) is 0 Å². The van der Waals surface area contributed by atoms with Crippen molar-refractivity contribution in [1.82, 2.24) is 4.90 Å². The number of benzene rings is 1. The number of Topliss-reactive ketones (excluding diaryl/α,β-unsaturated/α-hetero) is 2. The average Bonchev–Trinajstić information content (AvgIpc) is 2.74. The molecule has 1 aliphatic heterocycles. The Balaban J connectivity index is 1.95. The predicted octanol–water partition coefficient (Wildman–Crippen LogP) is 4.11. The Hall–Kier alpha value is -2.31. The van der Waals surface area contributed by atoms with E-state index in [1.54, 1.807) is 19.2 Å². The number of halogens is 1. The van der Waals surface area contributed by atoms with Crippen molar-refractivity contribution < 1.29 is 24.2 Å². The number of carbonyl (C=O) groups is 2. The Morgan fingerprint density at radius 3 is 2.17 bits per heavy atom. The van der Waals surface area contributed by atoms with Gasteiger partial charge in [-0.05, 0) is 43.4 Å². The highest BCUT2D eigenvalue weighted by molar-refractivity contribution is 6.32. The van der Waals surface area contributed by atoms with Crippen LogP contribution in [0.25, 0.3) is 0 Å². The first kappa shape index (κ1) is 20.9. The van der Waals surface area contributed by atoms with E-state index in [-0.39, 0.29) is 28.1 Å². The molecule has 0 atom stereocenters. The second kappa shape index (κ2) is 8.44. The molecule has 0 amide bonds. The topological polar surface area (TPSA) is 76.1 Å². The van der Waals surface area contributed by atoms with Crippen LogP contribution in [0.3, 0.4) is 0 Å². The number of hydrogen-bond donors (Lipinski definition) is 1. The number of carbonyl (C=O) groups excluding carboxylic acids is 2. The lowest BCUT2D eigenvalue weighted by atomic mass is 9.71. The Morgan fingerprint density at radius 2 is 1.63 bits per heavy atom. The van der Waals surface area contributed by atoms with E-state index in [1.807, 2.05) is 0 Å². The summed E-state index contributed by atoms with van der Waals surface area (Å²) in [7, 11) is 3.11. The van der Waals surface area contributed by atoms with Crippen molar-refractivity contribution in [3.8, 4) is 11.5 Å². The molecule has 4 rings (SSSR count). The minimum absolute atomic E-state index is 0.0664. The van der Waals surface area contributed by atoms with Gasteiger partial charge < -0.3 is 19.5 Å². The second-order valence-electron chi connectivity index (χ2n) is 7.91. The number of phenols is 1. The fourth-order valence-electron chi connectivity index (χ4n) is 4.92. The minimum Gasteiger partial charge on any atom is -0.503 e. The van der Waals surface area contributed by atoms with Crippen LogP contribution < -0.4 is 4.74 Å². The van der Waals surface area contributed by atoms with Crippen LogP contribution in [0.1, 0.15) is 50.0 Å². The third kappa shape index (κ3) is 3.42. The zero-order valence-corrected chi connectivity index (χ0v) is 18.1. The number of hydrogen-bond acceptors (Lipinski definition) is 6. The van der Waals surface area contributed by atoms with Crippen molar-refractivity contribution in [3.05, 3.63) is 45.3 Å². The highest BCUT2D eigenvalue weighted by Crippen LogP contribution is 2.50. The van der Waals surface area contributed by atoms with E-state index in [4.69, 9.17) is 21.1 Å². The molecule has 0 saturated heterocycles. The van der Waals surface area contributed by atoms with Gasteiger partial charge in [-0.1, -0.05) is 11.6 Å². The lowest BCUT2D eigenvalue weighted by molar-refractivity contribution is -0.117. The lowest BCUT2D eigenvalue weighted by Gasteiger charge is -2.44. The van der Waals surface area contributed by atoms with Gasteiger partial charge in [0.05, 0.1) is 18.7 Å². The molecular weight excluding hydrogens is 406 g/mol. The molecule has 1 aromatic carbocycles. The molecule has 0 bridgehead atoms. The molecule has 3 aliphatic rings. The molecule has 0 aromatic heterocycles. The van der Waals surface area contributed by atoms with Gasteiger partial charge in [-0.3, -0.25) is 9.59 Å². The van der Waals surface area contributed by atoms with Crippen molar-refractivity contribution in [1.29, 1.82) is 0 Å². The number of rotatable bonds is 5. The van der Waals surface area contributed by atoms with Crippen LogP contribution in [0.4, 0.5) is 0 Å². The summed E-state index contributed by atoms with van der Waals surface area (Å²) in [5.74, 6) is -0.265. The van der Waals surface area contributed by atoms with E-state index < -0.39 is 5.92 Å². The third-order valence-electron chi connectivity index (χ3n) is 6.21. The van der Waals surface area contributed by atoms with Crippen LogP contribution in [0, 0.1) is 0 Å². The number of aromatic hydroxyl groups is 1. The summed E-state index contributed by atoms with van der Waals surface area (Å²) < 4.78 is 10.6. The molecule has 0 saturated carbocycles. The van der Waals surface area contributed by atoms with Crippen molar-refractivity contribution in [3.63, 3.8) is 0 Å². The molecule has 7 heteroatoms. The van der Waals surface area contributed by atoms with Gasteiger partial charge in [0.25, 0.3) is 0 Å². The number of phenolic OH excluding ortho intramolecular Hbond substituents is 1. The Labute approximate surface area is 181 Å². The van der Waals surface area contributed by atoms with Gasteiger partial charge in [0.15, 0.2) is 23.1 Å². The first-order chi connectivity index (χ1) is 14.5. The van der Waals surface area contributed by atoms with Gasteiger partial charge in [-0.25, -0.2) is 0 Å². The quantitative estimate of drug-likeness (QED) is 0.755. The molecule has 1 N–H and O–H groups in total. The Bertz CT molecular complexity index is 921. The van der Waals surface area contributed by atoms with E-state index in [0.717, 1.165) is 37.1 Å². The monoisotopic (exact) mass is 431 g/mol. The average molecular weight is 432 g/mol. The first-order valence-corrected chi connectivity index (χ1v) is 10.7. The summed E-state index contributed by atoms with van der Waals surface area (Å²) in [5, 5.41) is 10.3. The minimum atomic E-state index is -0.485. The highest BCUT2D eigenvalue weighted by Gasteiger charge is 2.43. The smallest absolute Gasteiger partial charge is 0.176 e. The summed E-state index contributed by atoms with van der Waals surface area (Å²) in [6.07, 6.45) is 4.10. The zero-order chi connectivity index (χ0) is 21.4. The van der Waals surface area contributed by atoms with Crippen LogP contribution >= 0.6 is 11.6 Å². The number of nitrogens with zero attached hydrogens (tertiary/aromatic N) is 1. The molecule has 0 radical (unpaired) electrons. The van der Waals surface area contributed by atoms with Gasteiger partial charge in [0, 0.05) is 55.0 Å². The zero-order valence-electron chi connectivity index (χ0n) is 17.3. The fourth-order valence-corrected chi connectivity index (χ4v) is 5.14. The van der Waals surface area contributed by atoms with Crippen molar-refractivity contribution in [2.45, 2.75) is 44.4 Å². The highest BCUT2D eigenvalue weighted by atomic mass is 35.5. The van der Waals surface area contributed by atoms with Crippen molar-refractivity contribution in [2.75, 3.05) is 27.4 Å². The summed E-state index contributed by atoms with van der Waals surface area (Å²) in [4.78, 5) is 28.5. The van der Waals surface area contributed by atoms with E-state index in [9.17, 15) is 14.7 Å². The molecule has 30 heavy (non-hydrogen) atoms. The summed E-state index contributed by atoms with van der Waals surface area (Å²) in [6, 6.07) is 3.34. The molecule has 0 fully saturated rings. The maximum absolute atomic E-state index is 13.2. The second-order valence-corrected chi connectivity index (χ2v) is 8.31. The number of methoxy groups -OCH3 is 2. The molecule has 2 aliphatic carbocycles. The molecular formula is C23H26ClNO5. The molecule has 0 unspecified atom stereocenters. The fraction of sp³-hybridized carbons (Fsp3) is 0.478. The van der Waals surface area contributed by atoms with E-state index in [1.165, 1.54) is 7.11 Å². The van der Waals surface area contributed by atoms with Crippen molar-refractivity contribution >= 4 is 23.2 Å². The number of ketones is 2. The Morgan fingerprint density at radius 1 is 1.03 bits per heavy atom. The van der Waals surface area contributed by atoms with Gasteiger partial charge in [0.2, 0.25) is 0 Å². The van der Waals surface area contributed by atoms with E-state index in [2.05, 4.69) is 4.90 Å². The van der Waals surface area contributed by atoms with Gasteiger partial charge in [0.1, 0.15) is 0 Å². The molecule has 1 aromatic rings. The van der Waals surface area contributed by atoms with E-state index in [0.29, 0.717) is 42.7 Å². The molecule has 6 nitrogen and oxygen atoms in total. The standard InChI is InChI=1S/C23H26ClNO5/c1-29-10-9-25-15-5-3-7-17(26)21(15)20(22-16(25)6-4-8-18(22)27)13-11-14(24)23(28)19(12-13)30-2/h11-12,20,28H,3-10H2,1-2H3. The van der Waals surface area contributed by atoms with Crippen LogP contribution in [-0.2, 0) is 14.3 Å². The molecule has 1 heterocycles. The molecule has 0 spiro atoms. The SMILES string of the molecule is COCCN1C2=C(C(=O)CCC2)C(c2cc(Cl)c(O)c(OC)c2)C2=C1CCCC2=O. The third-order valence-corrected chi connectivity index (χ3v) is 6.50. The van der Waals surface area contributed by atoms with Gasteiger partial charge >= 0.3 is 0 Å². The van der Waals surface area contributed by atoms with Crippen LogP contribution in [0.2, 0.25) is 5.02 Å². The largest absolute Gasteiger partial charge is 0.503 e. The van der Waals surface area contributed by atoms with Crippen LogP contribution in [-0.4, -0.2) is 48.9 Å². The summed E-state index contributed by atoms with van der Waals surface area (Å²) >= 11 is 6.28. The summed E-state index contributed by atoms with van der Waals surface area (Å²) in [6.45, 7) is 1.13. The number of ether oxygens (including phenoxy) is 2. The molecule has 160 valence electrons. The van der Waals surface area contributed by atoms with E-state index >= 15 is 0 Å². The maximum atomic E-state index is 13.2. The van der Waals surface area contributed by atoms with Crippen molar-refractivity contribution in [2.24, 2.45) is 0 Å². The predicted molar refractivity (Wildman–Crippen MR) is 113 cm³/mol. The maximum Gasteiger partial charge on any atom is 0.176 e. The van der Waals surface area contributed by atoms with Crippen LogP contribution in [0.15, 0.2) is 34.7 Å². The van der Waals surface area contributed by atoms with Gasteiger partial charge in [-0.15, -0.1) is 0 Å². The number of allylic oxidation sites excluding steroid dienone is 4. The Kier molecular flexibility index (Phi) is 5.89.